The summed E-state index contributed by atoms with van der Waals surface area (Å²) in [6.07, 6.45) is -3.05. The molecule has 1 N–H and O–H groups in total. The largest absolute Gasteiger partial charge is 0.573 e. The van der Waals surface area contributed by atoms with Gasteiger partial charge in [-0.3, -0.25) is 9.59 Å². The maximum absolute atomic E-state index is 13.1. The maximum Gasteiger partial charge on any atom is 0.573 e. The van der Waals surface area contributed by atoms with Crippen LogP contribution in [-0.2, 0) is 4.79 Å². The van der Waals surface area contributed by atoms with Crippen LogP contribution in [0.25, 0.3) is 5.69 Å². The Balaban J connectivity index is 1.42. The molecule has 1 fully saturated rings. The van der Waals surface area contributed by atoms with Crippen LogP contribution in [-0.4, -0.2) is 40.5 Å². The first-order valence-electron chi connectivity index (χ1n) is 9.49. The van der Waals surface area contributed by atoms with Gasteiger partial charge in [-0.25, -0.2) is 9.07 Å². The SMILES string of the molecule is O=C(NC1CCN(c2cccc(OC(F)(F)F)c2)C1=O)c1ccn(-c2ccc(F)cc2)n1. The molecule has 2 aromatic carbocycles. The molecule has 2 amide bonds. The van der Waals surface area contributed by atoms with Crippen molar-refractivity contribution >= 4 is 17.5 Å². The van der Waals surface area contributed by atoms with Crippen LogP contribution in [0.4, 0.5) is 23.2 Å². The number of hydrogen-bond donors (Lipinski definition) is 1. The van der Waals surface area contributed by atoms with Crippen LogP contribution >= 0.6 is 0 Å². The van der Waals surface area contributed by atoms with Crippen molar-refractivity contribution in [2.24, 2.45) is 0 Å². The zero-order valence-corrected chi connectivity index (χ0v) is 16.3. The molecule has 1 saturated heterocycles. The topological polar surface area (TPSA) is 76.5 Å². The highest BCUT2D eigenvalue weighted by Gasteiger charge is 2.35. The average Bonchev–Trinajstić information content (AvgIpc) is 3.35. The number of anilines is 1. The molecule has 3 aromatic rings. The summed E-state index contributed by atoms with van der Waals surface area (Å²) in [5.41, 5.74) is 0.838. The molecule has 0 spiro atoms. The third kappa shape index (κ3) is 4.71. The number of benzene rings is 2. The minimum atomic E-state index is -4.85. The van der Waals surface area contributed by atoms with Crippen molar-refractivity contribution in [2.45, 2.75) is 18.8 Å². The Hall–Kier alpha value is -3.89. The van der Waals surface area contributed by atoms with Gasteiger partial charge in [0.05, 0.1) is 5.69 Å². The van der Waals surface area contributed by atoms with E-state index in [1.807, 2.05) is 0 Å². The molecule has 0 bridgehead atoms. The van der Waals surface area contributed by atoms with E-state index in [1.165, 1.54) is 58.2 Å². The molecular weight excluding hydrogens is 432 g/mol. The van der Waals surface area contributed by atoms with Gasteiger partial charge in [-0.05, 0) is 48.9 Å². The molecule has 1 aliphatic heterocycles. The van der Waals surface area contributed by atoms with Crippen LogP contribution in [0.1, 0.15) is 16.9 Å². The molecule has 0 radical (unpaired) electrons. The van der Waals surface area contributed by atoms with Crippen LogP contribution in [0.3, 0.4) is 0 Å². The van der Waals surface area contributed by atoms with Crippen molar-refractivity contribution in [3.63, 3.8) is 0 Å². The van der Waals surface area contributed by atoms with E-state index in [9.17, 15) is 27.2 Å². The van der Waals surface area contributed by atoms with E-state index in [4.69, 9.17) is 0 Å². The number of carbonyl (C=O) groups is 2. The zero-order valence-electron chi connectivity index (χ0n) is 16.3. The summed E-state index contributed by atoms with van der Waals surface area (Å²) in [7, 11) is 0. The lowest BCUT2D eigenvalue weighted by molar-refractivity contribution is -0.274. The second-order valence-corrected chi connectivity index (χ2v) is 6.97. The molecule has 7 nitrogen and oxygen atoms in total. The highest BCUT2D eigenvalue weighted by atomic mass is 19.4. The number of nitrogens with zero attached hydrogens (tertiary/aromatic N) is 3. The van der Waals surface area contributed by atoms with Crippen LogP contribution in [0.5, 0.6) is 5.75 Å². The van der Waals surface area contributed by atoms with Gasteiger partial charge < -0.3 is 15.0 Å². The van der Waals surface area contributed by atoms with Crippen molar-refractivity contribution in [2.75, 3.05) is 11.4 Å². The fraction of sp³-hybridized carbons (Fsp3) is 0.190. The predicted molar refractivity (Wildman–Crippen MR) is 105 cm³/mol. The van der Waals surface area contributed by atoms with Crippen LogP contribution < -0.4 is 15.0 Å². The quantitative estimate of drug-likeness (QED) is 0.607. The van der Waals surface area contributed by atoms with Gasteiger partial charge in [0.15, 0.2) is 5.69 Å². The molecule has 11 heteroatoms. The predicted octanol–water partition coefficient (Wildman–Crippen LogP) is 3.45. The number of hydrogen-bond acceptors (Lipinski definition) is 4. The number of aromatic nitrogens is 2. The van der Waals surface area contributed by atoms with E-state index in [-0.39, 0.29) is 24.3 Å². The van der Waals surface area contributed by atoms with Crippen molar-refractivity contribution < 1.29 is 31.9 Å². The lowest BCUT2D eigenvalue weighted by Gasteiger charge is -2.18. The smallest absolute Gasteiger partial charge is 0.406 e. The Labute approximate surface area is 179 Å². The fourth-order valence-electron chi connectivity index (χ4n) is 3.33. The third-order valence-electron chi connectivity index (χ3n) is 4.79. The minimum absolute atomic E-state index is 0.0566. The molecule has 1 aliphatic rings. The molecule has 2 heterocycles. The molecule has 0 aliphatic carbocycles. The first kappa shape index (κ1) is 21.3. The van der Waals surface area contributed by atoms with Crippen LogP contribution in [0.15, 0.2) is 60.8 Å². The number of nitrogens with one attached hydrogen (secondary N) is 1. The molecule has 1 aromatic heterocycles. The van der Waals surface area contributed by atoms with Gasteiger partial charge in [0.25, 0.3) is 5.91 Å². The Morgan fingerprint density at radius 3 is 2.56 bits per heavy atom. The van der Waals surface area contributed by atoms with Gasteiger partial charge in [0.1, 0.15) is 17.6 Å². The first-order chi connectivity index (χ1) is 15.2. The summed E-state index contributed by atoms with van der Waals surface area (Å²) in [6, 6.07) is 11.2. The van der Waals surface area contributed by atoms with E-state index < -0.39 is 35.8 Å². The molecule has 4 rings (SSSR count). The number of rotatable bonds is 5. The third-order valence-corrected chi connectivity index (χ3v) is 4.79. The van der Waals surface area contributed by atoms with Gasteiger partial charge in [-0.15, -0.1) is 13.2 Å². The summed E-state index contributed by atoms with van der Waals surface area (Å²) < 4.78 is 55.7. The van der Waals surface area contributed by atoms with Gasteiger partial charge in [-0.1, -0.05) is 6.07 Å². The molecule has 0 saturated carbocycles. The van der Waals surface area contributed by atoms with Crippen molar-refractivity contribution in [1.82, 2.24) is 15.1 Å². The lowest BCUT2D eigenvalue weighted by Crippen LogP contribution is -2.41. The molecular formula is C21H16F4N4O3. The monoisotopic (exact) mass is 448 g/mol. The summed E-state index contributed by atoms with van der Waals surface area (Å²) in [5, 5.41) is 6.73. The Kier molecular flexibility index (Phi) is 5.56. The average molecular weight is 448 g/mol. The standard InChI is InChI=1S/C21H16F4N4O3/c22-13-4-6-14(7-5-13)29-11-9-17(27-29)19(30)26-18-8-10-28(20(18)31)15-2-1-3-16(12-15)32-21(23,24)25/h1-7,9,11-12,18H,8,10H2,(H,26,30). The maximum atomic E-state index is 13.1. The van der Waals surface area contributed by atoms with Crippen molar-refractivity contribution in [3.05, 3.63) is 72.3 Å². The fourth-order valence-corrected chi connectivity index (χ4v) is 3.33. The number of amides is 2. The van der Waals surface area contributed by atoms with Gasteiger partial charge in [0, 0.05) is 24.5 Å². The van der Waals surface area contributed by atoms with Crippen LogP contribution in [0, 0.1) is 5.82 Å². The number of ether oxygens (including phenoxy) is 1. The van der Waals surface area contributed by atoms with Gasteiger partial charge in [0.2, 0.25) is 5.91 Å². The molecule has 166 valence electrons. The second-order valence-electron chi connectivity index (χ2n) is 6.97. The van der Waals surface area contributed by atoms with Crippen molar-refractivity contribution in [3.8, 4) is 11.4 Å². The Morgan fingerprint density at radius 2 is 1.84 bits per heavy atom. The highest BCUT2D eigenvalue weighted by Crippen LogP contribution is 2.29. The van der Waals surface area contributed by atoms with Crippen molar-refractivity contribution in [1.29, 1.82) is 0 Å². The van der Waals surface area contributed by atoms with E-state index in [0.717, 1.165) is 12.1 Å². The van der Waals surface area contributed by atoms with Gasteiger partial charge >= 0.3 is 6.36 Å². The first-order valence-corrected chi connectivity index (χ1v) is 9.49. The highest BCUT2D eigenvalue weighted by molar-refractivity contribution is 6.03. The summed E-state index contributed by atoms with van der Waals surface area (Å²) >= 11 is 0. The van der Waals surface area contributed by atoms with E-state index in [0.29, 0.717) is 5.69 Å². The number of carbonyl (C=O) groups excluding carboxylic acids is 2. The second kappa shape index (κ2) is 8.33. The zero-order chi connectivity index (χ0) is 22.9. The summed E-state index contributed by atoms with van der Waals surface area (Å²) in [6.45, 7) is 0.212. The van der Waals surface area contributed by atoms with E-state index >= 15 is 0 Å². The number of alkyl halides is 3. The molecule has 32 heavy (non-hydrogen) atoms. The van der Waals surface area contributed by atoms with E-state index in [2.05, 4.69) is 15.2 Å². The lowest BCUT2D eigenvalue weighted by atomic mass is 10.2. The normalized spacial score (nSPS) is 16.3. The van der Waals surface area contributed by atoms with Crippen LogP contribution in [0.2, 0.25) is 0 Å². The number of halogens is 4. The van der Waals surface area contributed by atoms with Gasteiger partial charge in [-0.2, -0.15) is 5.10 Å². The molecule has 1 atom stereocenters. The Morgan fingerprint density at radius 1 is 1.09 bits per heavy atom. The van der Waals surface area contributed by atoms with E-state index in [1.54, 1.807) is 0 Å². The summed E-state index contributed by atoms with van der Waals surface area (Å²) in [5.74, 6) is -1.89. The Bertz CT molecular complexity index is 1140. The summed E-state index contributed by atoms with van der Waals surface area (Å²) in [4.78, 5) is 26.5. The minimum Gasteiger partial charge on any atom is -0.406 e. The molecule has 1 unspecified atom stereocenters.